The van der Waals surface area contributed by atoms with Gasteiger partial charge in [-0.2, -0.15) is 0 Å². The molecule has 0 aromatic rings. The quantitative estimate of drug-likeness (QED) is 0.688. The molecular weight excluding hydrogens is 210 g/mol. The highest BCUT2D eigenvalue weighted by atomic mass is 35.5. The Bertz CT molecular complexity index is 192. The van der Waals surface area contributed by atoms with Crippen molar-refractivity contribution in [2.45, 2.75) is 25.8 Å². The average Bonchev–Trinajstić information content (AvgIpc) is 2.56. The molecule has 0 amide bonds. The molecule has 0 aromatic carbocycles. The zero-order valence-electron chi connectivity index (χ0n) is 7.96. The van der Waals surface area contributed by atoms with Crippen molar-refractivity contribution in [1.82, 2.24) is 5.32 Å². The Morgan fingerprint density at radius 3 is 2.43 bits per heavy atom. The molecule has 5 nitrogen and oxygen atoms in total. The van der Waals surface area contributed by atoms with Crippen LogP contribution in [0.25, 0.3) is 0 Å². The maximum atomic E-state index is 10.1. The van der Waals surface area contributed by atoms with Gasteiger partial charge in [-0.05, 0) is 26.3 Å². The molecule has 1 aliphatic heterocycles. The number of hydrogen-bond acceptors (Lipinski definition) is 4. The summed E-state index contributed by atoms with van der Waals surface area (Å²) < 4.78 is 4.17. The first-order valence-corrected chi connectivity index (χ1v) is 4.74. The van der Waals surface area contributed by atoms with Crippen LogP contribution in [0.15, 0.2) is 0 Å². The van der Waals surface area contributed by atoms with E-state index in [9.17, 15) is 9.59 Å². The number of hydrogen-bond donors (Lipinski definition) is 2. The summed E-state index contributed by atoms with van der Waals surface area (Å²) in [6.45, 7) is 2.90. The third-order valence-corrected chi connectivity index (χ3v) is 1.73. The molecule has 0 unspecified atom stereocenters. The van der Waals surface area contributed by atoms with Crippen molar-refractivity contribution in [3.05, 3.63) is 0 Å². The second-order valence-corrected chi connectivity index (χ2v) is 2.97. The van der Waals surface area contributed by atoms with Crippen LogP contribution in [0.4, 0.5) is 4.79 Å². The first kappa shape index (κ1) is 13.2. The zero-order chi connectivity index (χ0) is 11.0. The lowest BCUT2D eigenvalue weighted by Crippen LogP contribution is -2.29. The summed E-state index contributed by atoms with van der Waals surface area (Å²) in [5.74, 6) is -0.720. The van der Waals surface area contributed by atoms with Gasteiger partial charge in [0.2, 0.25) is 0 Å². The van der Waals surface area contributed by atoms with Crippen LogP contribution < -0.4 is 5.32 Å². The Balaban J connectivity index is 0.000000255. The van der Waals surface area contributed by atoms with Gasteiger partial charge in [0.25, 0.3) is 0 Å². The molecule has 0 aliphatic carbocycles. The molecule has 6 heteroatoms. The average molecular weight is 224 g/mol. The summed E-state index contributed by atoms with van der Waals surface area (Å²) in [5.41, 5.74) is -0.738. The lowest BCUT2D eigenvalue weighted by molar-refractivity contribution is -0.139. The van der Waals surface area contributed by atoms with E-state index in [-0.39, 0.29) is 6.04 Å². The van der Waals surface area contributed by atoms with Crippen LogP contribution in [0.3, 0.4) is 0 Å². The molecule has 2 N–H and O–H groups in total. The van der Waals surface area contributed by atoms with Gasteiger partial charge in [-0.25, -0.2) is 4.79 Å². The molecule has 0 bridgehead atoms. The minimum absolute atomic E-state index is 0.269. The number of carbonyl (C=O) groups excluding carboxylic acids is 1. The summed E-state index contributed by atoms with van der Waals surface area (Å²) in [7, 11) is 0. The maximum Gasteiger partial charge on any atom is 0.403 e. The maximum absolute atomic E-state index is 10.1. The van der Waals surface area contributed by atoms with E-state index in [0.717, 1.165) is 19.4 Å². The van der Waals surface area contributed by atoms with Gasteiger partial charge >= 0.3 is 11.4 Å². The molecular formula is C8H14ClNO4. The standard InChI is InChI=1S/C5H9NO2.C3H5ClO2/c7-5(8)4-2-1-3-6-4;1-2-6-3(4)5/h4,6H,1-3H2,(H,7,8);2H2,1H3/t4-;/m1./s1. The van der Waals surface area contributed by atoms with Gasteiger partial charge in [0, 0.05) is 11.6 Å². The van der Waals surface area contributed by atoms with Crippen molar-refractivity contribution in [2.24, 2.45) is 0 Å². The number of halogens is 1. The third kappa shape index (κ3) is 6.68. The molecule has 82 valence electrons. The fraction of sp³-hybridized carbons (Fsp3) is 0.750. The van der Waals surface area contributed by atoms with E-state index in [1.54, 1.807) is 6.92 Å². The molecule has 0 radical (unpaired) electrons. The number of nitrogens with one attached hydrogen (secondary N) is 1. The third-order valence-electron chi connectivity index (χ3n) is 1.62. The lowest BCUT2D eigenvalue weighted by atomic mass is 10.2. The number of rotatable bonds is 2. The smallest absolute Gasteiger partial charge is 0.403 e. The van der Waals surface area contributed by atoms with Gasteiger partial charge in [0.05, 0.1) is 6.61 Å². The van der Waals surface area contributed by atoms with E-state index in [4.69, 9.17) is 16.7 Å². The summed E-state index contributed by atoms with van der Waals surface area (Å²) in [5, 5.41) is 11.2. The molecule has 1 heterocycles. The Morgan fingerprint density at radius 1 is 1.64 bits per heavy atom. The normalized spacial score (nSPS) is 19.4. The van der Waals surface area contributed by atoms with E-state index in [0.29, 0.717) is 6.61 Å². The molecule has 1 fully saturated rings. The van der Waals surface area contributed by atoms with Crippen LogP contribution in [0.1, 0.15) is 19.8 Å². The highest BCUT2D eigenvalue weighted by molar-refractivity contribution is 6.61. The van der Waals surface area contributed by atoms with Crippen LogP contribution in [-0.4, -0.2) is 35.7 Å². The van der Waals surface area contributed by atoms with Gasteiger partial charge in [-0.1, -0.05) is 0 Å². The molecule has 0 spiro atoms. The highest BCUT2D eigenvalue weighted by Gasteiger charge is 2.20. The minimum atomic E-state index is -0.738. The number of carbonyl (C=O) groups is 2. The number of aliphatic carboxylic acids is 1. The summed E-state index contributed by atoms with van der Waals surface area (Å²) in [4.78, 5) is 19.7. The molecule has 1 rings (SSSR count). The monoisotopic (exact) mass is 223 g/mol. The van der Waals surface area contributed by atoms with E-state index >= 15 is 0 Å². The van der Waals surface area contributed by atoms with Gasteiger partial charge in [-0.15, -0.1) is 0 Å². The highest BCUT2D eigenvalue weighted by Crippen LogP contribution is 2.03. The molecule has 0 aromatic heterocycles. The minimum Gasteiger partial charge on any atom is -0.480 e. The second-order valence-electron chi connectivity index (χ2n) is 2.66. The van der Waals surface area contributed by atoms with Crippen molar-refractivity contribution in [3.8, 4) is 0 Å². The van der Waals surface area contributed by atoms with Gasteiger partial charge < -0.3 is 15.2 Å². The fourth-order valence-corrected chi connectivity index (χ4v) is 1.12. The van der Waals surface area contributed by atoms with E-state index in [1.807, 2.05) is 0 Å². The summed E-state index contributed by atoms with van der Waals surface area (Å²) >= 11 is 4.72. The predicted octanol–water partition coefficient (Wildman–Crippen LogP) is 1.20. The number of carboxylic acids is 1. The van der Waals surface area contributed by atoms with Crippen LogP contribution in [-0.2, 0) is 9.53 Å². The number of carboxylic acid groups (broad SMARTS) is 1. The van der Waals surface area contributed by atoms with Crippen LogP contribution in [0.5, 0.6) is 0 Å². The Hall–Kier alpha value is -0.810. The fourth-order valence-electron chi connectivity index (χ4n) is 1.01. The van der Waals surface area contributed by atoms with E-state index in [2.05, 4.69) is 10.1 Å². The molecule has 0 saturated carbocycles. The Kier molecular flexibility index (Phi) is 7.14. The first-order valence-electron chi connectivity index (χ1n) is 4.36. The Labute approximate surface area is 87.4 Å². The van der Waals surface area contributed by atoms with Gasteiger partial charge in [-0.3, -0.25) is 4.79 Å². The van der Waals surface area contributed by atoms with Gasteiger partial charge in [0.15, 0.2) is 0 Å². The topological polar surface area (TPSA) is 75.6 Å². The van der Waals surface area contributed by atoms with Crippen molar-refractivity contribution >= 4 is 23.0 Å². The van der Waals surface area contributed by atoms with E-state index < -0.39 is 11.4 Å². The Morgan fingerprint density at radius 2 is 2.29 bits per heavy atom. The lowest BCUT2D eigenvalue weighted by Gasteiger charge is -1.99. The van der Waals surface area contributed by atoms with Crippen molar-refractivity contribution in [2.75, 3.05) is 13.2 Å². The molecule has 1 atom stereocenters. The zero-order valence-corrected chi connectivity index (χ0v) is 8.71. The van der Waals surface area contributed by atoms with Crippen molar-refractivity contribution < 1.29 is 19.4 Å². The van der Waals surface area contributed by atoms with Crippen LogP contribution in [0, 0.1) is 0 Å². The van der Waals surface area contributed by atoms with E-state index in [1.165, 1.54) is 0 Å². The molecule has 14 heavy (non-hydrogen) atoms. The van der Waals surface area contributed by atoms with Crippen molar-refractivity contribution in [1.29, 1.82) is 0 Å². The SMILES string of the molecule is CCOC(=O)Cl.O=C(O)[C@H]1CCCN1. The second kappa shape index (κ2) is 7.58. The summed E-state index contributed by atoms with van der Waals surface area (Å²) in [6, 6.07) is -0.269. The predicted molar refractivity (Wildman–Crippen MR) is 51.5 cm³/mol. The number of ether oxygens (including phenoxy) is 1. The summed E-state index contributed by atoms with van der Waals surface area (Å²) in [6.07, 6.45) is 1.78. The largest absolute Gasteiger partial charge is 0.480 e. The van der Waals surface area contributed by atoms with Crippen molar-refractivity contribution in [3.63, 3.8) is 0 Å². The molecule has 1 saturated heterocycles. The molecule has 1 aliphatic rings. The first-order chi connectivity index (χ1) is 6.57. The van der Waals surface area contributed by atoms with Crippen LogP contribution >= 0.6 is 11.6 Å². The van der Waals surface area contributed by atoms with Crippen LogP contribution in [0.2, 0.25) is 0 Å². The van der Waals surface area contributed by atoms with Gasteiger partial charge in [0.1, 0.15) is 6.04 Å².